The Hall–Kier alpha value is -2.37. The zero-order chi connectivity index (χ0) is 18.2. The summed E-state index contributed by atoms with van der Waals surface area (Å²) in [6, 6.07) is 15.3. The number of hydrogen-bond donors (Lipinski definition) is 2. The van der Waals surface area contributed by atoms with Gasteiger partial charge in [0.25, 0.3) is 0 Å². The molecule has 0 saturated carbocycles. The normalized spacial score (nSPS) is 10.6. The number of likely N-dealkylation sites (N-methyl/N-ethyl adjacent to an activating group) is 1. The van der Waals surface area contributed by atoms with Gasteiger partial charge in [-0.3, -0.25) is 14.5 Å². The van der Waals surface area contributed by atoms with Gasteiger partial charge >= 0.3 is 0 Å². The van der Waals surface area contributed by atoms with Crippen molar-refractivity contribution in [3.8, 4) is 0 Å². The fourth-order valence-corrected chi connectivity index (χ4v) is 2.63. The number of aryl methyl sites for hydroxylation is 1. The molecule has 2 rings (SSSR count). The Morgan fingerprint density at radius 3 is 2.48 bits per heavy atom. The van der Waals surface area contributed by atoms with Crippen LogP contribution in [0, 0.1) is 6.92 Å². The molecule has 0 unspecified atom stereocenters. The van der Waals surface area contributed by atoms with Crippen molar-refractivity contribution in [3.63, 3.8) is 0 Å². The highest BCUT2D eigenvalue weighted by Crippen LogP contribution is 2.22. The minimum Gasteiger partial charge on any atom is -0.346 e. The van der Waals surface area contributed by atoms with Gasteiger partial charge in [-0.2, -0.15) is 0 Å². The van der Waals surface area contributed by atoms with Crippen molar-refractivity contribution in [1.29, 1.82) is 0 Å². The lowest BCUT2D eigenvalue weighted by Gasteiger charge is -2.16. The topological polar surface area (TPSA) is 61.4 Å². The number of nitrogens with zero attached hydrogens (tertiary/aromatic N) is 1. The van der Waals surface area contributed by atoms with Crippen LogP contribution in [0.25, 0.3) is 0 Å². The van der Waals surface area contributed by atoms with Gasteiger partial charge in [-0.1, -0.05) is 48.0 Å². The molecule has 0 aromatic heterocycles. The Bertz CT molecular complexity index is 735. The van der Waals surface area contributed by atoms with Crippen molar-refractivity contribution < 1.29 is 9.59 Å². The van der Waals surface area contributed by atoms with Crippen molar-refractivity contribution in [2.24, 2.45) is 0 Å². The molecule has 2 aromatic carbocycles. The second kappa shape index (κ2) is 9.20. The Labute approximate surface area is 153 Å². The first-order valence-electron chi connectivity index (χ1n) is 7.99. The lowest BCUT2D eigenvalue weighted by Crippen LogP contribution is -2.39. The molecule has 0 fully saturated rings. The van der Waals surface area contributed by atoms with E-state index < -0.39 is 0 Å². The monoisotopic (exact) mass is 359 g/mol. The standard InChI is InChI=1S/C19H22ClN3O2/c1-14-8-9-17(16(20)10-14)22-18(24)11-21-19(25)13-23(2)12-15-6-4-3-5-7-15/h3-10H,11-13H2,1-2H3,(H,21,25)(H,22,24). The third kappa shape index (κ3) is 6.57. The second-order valence-electron chi connectivity index (χ2n) is 5.97. The molecule has 0 saturated heterocycles. The predicted octanol–water partition coefficient (Wildman–Crippen LogP) is 2.84. The Morgan fingerprint density at radius 1 is 1.08 bits per heavy atom. The minimum absolute atomic E-state index is 0.0950. The zero-order valence-electron chi connectivity index (χ0n) is 14.4. The number of carbonyl (C=O) groups excluding carboxylic acids is 2. The summed E-state index contributed by atoms with van der Waals surface area (Å²) in [5.41, 5.74) is 2.68. The fourth-order valence-electron chi connectivity index (χ4n) is 2.35. The number of nitrogens with one attached hydrogen (secondary N) is 2. The maximum atomic E-state index is 12.0. The quantitative estimate of drug-likeness (QED) is 0.799. The SMILES string of the molecule is Cc1ccc(NC(=O)CNC(=O)CN(C)Cc2ccccc2)c(Cl)c1. The molecule has 0 heterocycles. The van der Waals surface area contributed by atoms with E-state index in [9.17, 15) is 9.59 Å². The van der Waals surface area contributed by atoms with Gasteiger partial charge in [-0.05, 0) is 37.2 Å². The van der Waals surface area contributed by atoms with E-state index in [1.165, 1.54) is 0 Å². The van der Waals surface area contributed by atoms with Gasteiger partial charge in [0.05, 0.1) is 23.8 Å². The van der Waals surface area contributed by atoms with Crippen LogP contribution < -0.4 is 10.6 Å². The van der Waals surface area contributed by atoms with Crippen LogP contribution in [0.3, 0.4) is 0 Å². The lowest BCUT2D eigenvalue weighted by atomic mass is 10.2. The molecule has 0 spiro atoms. The minimum atomic E-state index is -0.315. The third-order valence-corrected chi connectivity index (χ3v) is 3.87. The zero-order valence-corrected chi connectivity index (χ0v) is 15.1. The average molecular weight is 360 g/mol. The molecule has 2 N–H and O–H groups in total. The molecule has 2 amide bonds. The van der Waals surface area contributed by atoms with Crippen LogP contribution in [-0.2, 0) is 16.1 Å². The molecule has 2 aromatic rings. The largest absolute Gasteiger partial charge is 0.346 e. The highest BCUT2D eigenvalue weighted by molar-refractivity contribution is 6.33. The molecule has 0 bridgehead atoms. The van der Waals surface area contributed by atoms with E-state index in [-0.39, 0.29) is 24.9 Å². The molecular weight excluding hydrogens is 338 g/mol. The highest BCUT2D eigenvalue weighted by atomic mass is 35.5. The predicted molar refractivity (Wildman–Crippen MR) is 101 cm³/mol. The summed E-state index contributed by atoms with van der Waals surface area (Å²) in [7, 11) is 1.86. The van der Waals surface area contributed by atoms with Gasteiger partial charge in [0.2, 0.25) is 11.8 Å². The Balaban J connectivity index is 1.74. The number of halogens is 1. The summed E-state index contributed by atoms with van der Waals surface area (Å²) in [6.07, 6.45) is 0. The van der Waals surface area contributed by atoms with Crippen molar-refractivity contribution in [1.82, 2.24) is 10.2 Å². The highest BCUT2D eigenvalue weighted by Gasteiger charge is 2.10. The van der Waals surface area contributed by atoms with E-state index in [1.54, 1.807) is 12.1 Å². The van der Waals surface area contributed by atoms with Crippen LogP contribution >= 0.6 is 11.6 Å². The third-order valence-electron chi connectivity index (χ3n) is 3.55. The lowest BCUT2D eigenvalue weighted by molar-refractivity contribution is -0.124. The molecule has 0 aliphatic carbocycles. The van der Waals surface area contributed by atoms with Crippen LogP contribution in [0.2, 0.25) is 5.02 Å². The number of hydrogen-bond acceptors (Lipinski definition) is 3. The molecule has 0 aliphatic rings. The number of benzene rings is 2. The van der Waals surface area contributed by atoms with Gasteiger partial charge < -0.3 is 10.6 Å². The van der Waals surface area contributed by atoms with E-state index in [0.29, 0.717) is 17.3 Å². The van der Waals surface area contributed by atoms with E-state index >= 15 is 0 Å². The van der Waals surface area contributed by atoms with Gasteiger partial charge in [-0.15, -0.1) is 0 Å². The number of amides is 2. The summed E-state index contributed by atoms with van der Waals surface area (Å²) in [4.78, 5) is 25.8. The van der Waals surface area contributed by atoms with Crippen LogP contribution in [0.1, 0.15) is 11.1 Å². The van der Waals surface area contributed by atoms with E-state index in [0.717, 1.165) is 11.1 Å². The second-order valence-corrected chi connectivity index (χ2v) is 6.37. The molecule has 0 atom stereocenters. The maximum absolute atomic E-state index is 12.0. The smallest absolute Gasteiger partial charge is 0.243 e. The number of rotatable bonds is 7. The van der Waals surface area contributed by atoms with Crippen molar-refractivity contribution in [3.05, 3.63) is 64.7 Å². The molecule has 5 nitrogen and oxygen atoms in total. The first kappa shape index (κ1) is 19.0. The Kier molecular flexibility index (Phi) is 6.98. The van der Waals surface area contributed by atoms with Crippen LogP contribution in [0.4, 0.5) is 5.69 Å². The maximum Gasteiger partial charge on any atom is 0.243 e. The molecular formula is C19H22ClN3O2. The van der Waals surface area contributed by atoms with Gasteiger partial charge in [-0.25, -0.2) is 0 Å². The fraction of sp³-hybridized carbons (Fsp3) is 0.263. The summed E-state index contributed by atoms with van der Waals surface area (Å²) < 4.78 is 0. The summed E-state index contributed by atoms with van der Waals surface area (Å²) in [5.74, 6) is -0.520. The first-order valence-corrected chi connectivity index (χ1v) is 8.37. The molecule has 6 heteroatoms. The van der Waals surface area contributed by atoms with Crippen molar-refractivity contribution >= 4 is 29.1 Å². The summed E-state index contributed by atoms with van der Waals surface area (Å²) >= 11 is 6.07. The molecule has 0 radical (unpaired) electrons. The first-order chi connectivity index (χ1) is 11.9. The average Bonchev–Trinajstić information content (AvgIpc) is 2.56. The molecule has 132 valence electrons. The number of anilines is 1. The van der Waals surface area contributed by atoms with E-state index in [4.69, 9.17) is 11.6 Å². The van der Waals surface area contributed by atoms with Gasteiger partial charge in [0.15, 0.2) is 0 Å². The van der Waals surface area contributed by atoms with Gasteiger partial charge in [0.1, 0.15) is 0 Å². The van der Waals surface area contributed by atoms with Crippen molar-refractivity contribution in [2.75, 3.05) is 25.5 Å². The summed E-state index contributed by atoms with van der Waals surface area (Å²) in [6.45, 7) is 2.71. The van der Waals surface area contributed by atoms with Crippen LogP contribution in [-0.4, -0.2) is 36.9 Å². The van der Waals surface area contributed by atoms with E-state index in [2.05, 4.69) is 10.6 Å². The van der Waals surface area contributed by atoms with Crippen LogP contribution in [0.15, 0.2) is 48.5 Å². The molecule has 0 aliphatic heterocycles. The van der Waals surface area contributed by atoms with Gasteiger partial charge in [0, 0.05) is 6.54 Å². The summed E-state index contributed by atoms with van der Waals surface area (Å²) in [5, 5.41) is 5.78. The molecule has 25 heavy (non-hydrogen) atoms. The van der Waals surface area contributed by atoms with E-state index in [1.807, 2.05) is 55.3 Å². The van der Waals surface area contributed by atoms with Crippen molar-refractivity contribution in [2.45, 2.75) is 13.5 Å². The Morgan fingerprint density at radius 2 is 1.80 bits per heavy atom. The number of carbonyl (C=O) groups is 2. The van der Waals surface area contributed by atoms with Crippen LogP contribution in [0.5, 0.6) is 0 Å².